The maximum absolute atomic E-state index is 9.69. The van der Waals surface area contributed by atoms with Gasteiger partial charge < -0.3 is 10.2 Å². The number of hydrogen-bond donors (Lipinski definition) is 2. The van der Waals surface area contributed by atoms with Crippen molar-refractivity contribution in [3.63, 3.8) is 0 Å². The molecule has 0 amide bonds. The first kappa shape index (κ1) is 16.2. The quantitative estimate of drug-likeness (QED) is 0.470. The maximum Gasteiger partial charge on any atom is 0.115 e. The van der Waals surface area contributed by atoms with Crippen LogP contribution in [0.4, 0.5) is 0 Å². The van der Waals surface area contributed by atoms with Gasteiger partial charge in [0.25, 0.3) is 0 Å². The molecule has 4 aromatic carbocycles. The molecule has 128 valence electrons. The highest BCUT2D eigenvalue weighted by atomic mass is 16.3. The number of aromatic hydroxyl groups is 2. The summed E-state index contributed by atoms with van der Waals surface area (Å²) in [6, 6.07) is 25.4. The summed E-state index contributed by atoms with van der Waals surface area (Å²) in [5.41, 5.74) is 5.74. The monoisotopic (exact) mass is 340 g/mol. The highest BCUT2D eigenvalue weighted by Crippen LogP contribution is 2.40. The fourth-order valence-corrected chi connectivity index (χ4v) is 3.62. The van der Waals surface area contributed by atoms with Crippen molar-refractivity contribution in [3.05, 3.63) is 84.4 Å². The minimum Gasteiger partial charge on any atom is -0.508 e. The summed E-state index contributed by atoms with van der Waals surface area (Å²) in [6.45, 7) is 2.17. The second-order valence-corrected chi connectivity index (χ2v) is 6.45. The van der Waals surface area contributed by atoms with Gasteiger partial charge in [0.05, 0.1) is 0 Å². The van der Waals surface area contributed by atoms with Crippen LogP contribution in [0.1, 0.15) is 12.5 Å². The first-order valence-corrected chi connectivity index (χ1v) is 8.81. The zero-order chi connectivity index (χ0) is 18.1. The van der Waals surface area contributed by atoms with Gasteiger partial charge in [-0.25, -0.2) is 0 Å². The van der Waals surface area contributed by atoms with Crippen LogP contribution in [0.15, 0.2) is 78.9 Å². The Kier molecular flexibility index (Phi) is 4.10. The van der Waals surface area contributed by atoms with Gasteiger partial charge in [-0.1, -0.05) is 55.5 Å². The molecule has 0 spiro atoms. The van der Waals surface area contributed by atoms with Crippen molar-refractivity contribution in [1.82, 2.24) is 0 Å². The number of fused-ring (bicyclic) bond motifs is 1. The summed E-state index contributed by atoms with van der Waals surface area (Å²) >= 11 is 0. The van der Waals surface area contributed by atoms with Crippen molar-refractivity contribution in [2.24, 2.45) is 0 Å². The molecule has 2 heteroatoms. The molecule has 0 aliphatic rings. The minimum absolute atomic E-state index is 0.261. The topological polar surface area (TPSA) is 40.5 Å². The van der Waals surface area contributed by atoms with Crippen molar-refractivity contribution in [1.29, 1.82) is 0 Å². The van der Waals surface area contributed by atoms with Crippen molar-refractivity contribution in [2.75, 3.05) is 0 Å². The van der Waals surface area contributed by atoms with Crippen molar-refractivity contribution in [2.45, 2.75) is 13.3 Å². The molecular formula is C24H20O2. The van der Waals surface area contributed by atoms with E-state index >= 15 is 0 Å². The molecule has 0 atom stereocenters. The van der Waals surface area contributed by atoms with Crippen LogP contribution in [0.25, 0.3) is 33.0 Å². The lowest BCUT2D eigenvalue weighted by Crippen LogP contribution is -1.95. The molecule has 0 aliphatic heterocycles. The van der Waals surface area contributed by atoms with Crippen LogP contribution < -0.4 is 0 Å². The minimum atomic E-state index is 0.261. The average molecular weight is 340 g/mol. The van der Waals surface area contributed by atoms with E-state index in [1.807, 2.05) is 24.3 Å². The van der Waals surface area contributed by atoms with Gasteiger partial charge in [-0.3, -0.25) is 0 Å². The van der Waals surface area contributed by atoms with Crippen molar-refractivity contribution in [3.8, 4) is 33.8 Å². The van der Waals surface area contributed by atoms with E-state index in [0.717, 1.165) is 23.1 Å². The van der Waals surface area contributed by atoms with Crippen LogP contribution >= 0.6 is 0 Å². The van der Waals surface area contributed by atoms with Gasteiger partial charge in [-0.2, -0.15) is 0 Å². The molecular weight excluding hydrogens is 320 g/mol. The lowest BCUT2D eigenvalue weighted by Gasteiger charge is -2.18. The van der Waals surface area contributed by atoms with E-state index in [1.54, 1.807) is 24.3 Å². The predicted molar refractivity (Wildman–Crippen MR) is 108 cm³/mol. The molecule has 0 unspecified atom stereocenters. The van der Waals surface area contributed by atoms with Crippen LogP contribution in [0, 0.1) is 0 Å². The Morgan fingerprint density at radius 3 is 1.88 bits per heavy atom. The predicted octanol–water partition coefficient (Wildman–Crippen LogP) is 6.15. The molecule has 26 heavy (non-hydrogen) atoms. The van der Waals surface area contributed by atoms with Gasteiger partial charge in [0.1, 0.15) is 11.5 Å². The molecule has 0 heterocycles. The molecule has 0 aromatic heterocycles. The first-order valence-electron chi connectivity index (χ1n) is 8.81. The molecule has 0 radical (unpaired) electrons. The Bertz CT molecular complexity index is 1060. The fraction of sp³-hybridized carbons (Fsp3) is 0.0833. The lowest BCUT2D eigenvalue weighted by atomic mass is 9.86. The zero-order valence-electron chi connectivity index (χ0n) is 14.6. The molecule has 0 saturated carbocycles. The summed E-state index contributed by atoms with van der Waals surface area (Å²) in [6.07, 6.45) is 0.905. The summed E-state index contributed by atoms with van der Waals surface area (Å²) < 4.78 is 0. The van der Waals surface area contributed by atoms with Crippen LogP contribution in [0.3, 0.4) is 0 Å². The highest BCUT2D eigenvalue weighted by Gasteiger charge is 2.15. The summed E-state index contributed by atoms with van der Waals surface area (Å²) in [4.78, 5) is 0. The number of phenolic OH excluding ortho intramolecular Hbond substituents is 2. The molecule has 0 aliphatic carbocycles. The number of rotatable bonds is 3. The van der Waals surface area contributed by atoms with Gasteiger partial charge >= 0.3 is 0 Å². The zero-order valence-corrected chi connectivity index (χ0v) is 14.6. The van der Waals surface area contributed by atoms with E-state index in [-0.39, 0.29) is 11.5 Å². The molecule has 0 saturated heterocycles. The third-order valence-corrected chi connectivity index (χ3v) is 4.84. The van der Waals surface area contributed by atoms with Crippen LogP contribution in [0.2, 0.25) is 0 Å². The van der Waals surface area contributed by atoms with Crippen LogP contribution in [0.5, 0.6) is 11.5 Å². The Labute approximate surface area is 153 Å². The van der Waals surface area contributed by atoms with Gasteiger partial charge in [0.15, 0.2) is 0 Å². The second kappa shape index (κ2) is 6.57. The third kappa shape index (κ3) is 2.80. The SMILES string of the molecule is CCc1c(-c2ccc(O)cc2)c(-c2ccc(O)cc2)cc2ccccc12. The van der Waals surface area contributed by atoms with Gasteiger partial charge in [-0.15, -0.1) is 0 Å². The van der Waals surface area contributed by atoms with E-state index in [9.17, 15) is 10.2 Å². The Hall–Kier alpha value is -3.26. The van der Waals surface area contributed by atoms with E-state index < -0.39 is 0 Å². The van der Waals surface area contributed by atoms with Gasteiger partial charge in [-0.05, 0) is 75.3 Å². The number of phenols is 2. The lowest BCUT2D eigenvalue weighted by molar-refractivity contribution is 0.475. The molecule has 2 N–H and O–H groups in total. The smallest absolute Gasteiger partial charge is 0.115 e. The highest BCUT2D eigenvalue weighted by molar-refractivity contribution is 6.00. The molecule has 0 bridgehead atoms. The van der Waals surface area contributed by atoms with Gasteiger partial charge in [0, 0.05) is 0 Å². The Morgan fingerprint density at radius 1 is 0.692 bits per heavy atom. The van der Waals surface area contributed by atoms with Crippen molar-refractivity contribution < 1.29 is 10.2 Å². The standard InChI is InChI=1S/C24H20O2/c1-2-21-22-6-4-3-5-18(22)15-23(16-7-11-19(25)12-8-16)24(21)17-9-13-20(26)14-10-17/h3-15,25-26H,2H2,1H3. The second-order valence-electron chi connectivity index (χ2n) is 6.45. The normalized spacial score (nSPS) is 11.0. The molecule has 2 nitrogen and oxygen atoms in total. The summed E-state index contributed by atoms with van der Waals surface area (Å²) in [5.74, 6) is 0.523. The van der Waals surface area contributed by atoms with Crippen LogP contribution in [-0.4, -0.2) is 10.2 Å². The summed E-state index contributed by atoms with van der Waals surface area (Å²) in [5, 5.41) is 21.8. The third-order valence-electron chi connectivity index (χ3n) is 4.84. The Balaban J connectivity index is 2.09. The number of aryl methyl sites for hydroxylation is 1. The number of benzene rings is 4. The fourth-order valence-electron chi connectivity index (χ4n) is 3.62. The van der Waals surface area contributed by atoms with Gasteiger partial charge in [0.2, 0.25) is 0 Å². The van der Waals surface area contributed by atoms with Crippen LogP contribution in [-0.2, 0) is 6.42 Å². The largest absolute Gasteiger partial charge is 0.508 e. The van der Waals surface area contributed by atoms with E-state index in [4.69, 9.17) is 0 Å². The van der Waals surface area contributed by atoms with E-state index in [0.29, 0.717) is 0 Å². The molecule has 4 aromatic rings. The summed E-state index contributed by atoms with van der Waals surface area (Å²) in [7, 11) is 0. The average Bonchev–Trinajstić information content (AvgIpc) is 2.68. The molecule has 4 rings (SSSR count). The van der Waals surface area contributed by atoms with Crippen molar-refractivity contribution >= 4 is 10.8 Å². The Morgan fingerprint density at radius 2 is 1.27 bits per heavy atom. The van der Waals surface area contributed by atoms with E-state index in [2.05, 4.69) is 37.3 Å². The molecule has 0 fully saturated rings. The van der Waals surface area contributed by atoms with E-state index in [1.165, 1.54) is 21.9 Å². The maximum atomic E-state index is 9.69. The first-order chi connectivity index (χ1) is 12.7. The number of hydrogen-bond acceptors (Lipinski definition) is 2.